The van der Waals surface area contributed by atoms with Crippen molar-refractivity contribution in [2.75, 3.05) is 32.8 Å². The van der Waals surface area contributed by atoms with Gasteiger partial charge in [-0.05, 0) is 61.7 Å². The smallest absolute Gasteiger partial charge is 0.260 e. The van der Waals surface area contributed by atoms with Gasteiger partial charge in [-0.15, -0.1) is 0 Å². The molecule has 2 aromatic rings. The summed E-state index contributed by atoms with van der Waals surface area (Å²) in [5, 5.41) is 0. The summed E-state index contributed by atoms with van der Waals surface area (Å²) in [6.45, 7) is 8.21. The Kier molecular flexibility index (Phi) is 5.79. The molecule has 0 N–H and O–H groups in total. The van der Waals surface area contributed by atoms with Crippen molar-refractivity contribution in [3.05, 3.63) is 64.7 Å². The first-order chi connectivity index (χ1) is 12.9. The van der Waals surface area contributed by atoms with Crippen LogP contribution in [0.25, 0.3) is 0 Å². The number of carbonyl (C=O) groups is 2. The molecule has 0 radical (unpaired) electrons. The predicted octanol–water partition coefficient (Wildman–Crippen LogP) is 2.98. The van der Waals surface area contributed by atoms with Crippen LogP contribution in [0, 0.1) is 20.8 Å². The molecule has 0 bridgehead atoms. The molecule has 27 heavy (non-hydrogen) atoms. The number of benzene rings is 2. The van der Waals surface area contributed by atoms with E-state index in [0.29, 0.717) is 37.5 Å². The predicted molar refractivity (Wildman–Crippen MR) is 105 cm³/mol. The second kappa shape index (κ2) is 8.25. The summed E-state index contributed by atoms with van der Waals surface area (Å²) >= 11 is 0. The highest BCUT2D eigenvalue weighted by molar-refractivity contribution is 5.94. The van der Waals surface area contributed by atoms with Crippen LogP contribution in [0.1, 0.15) is 27.0 Å². The Balaban J connectivity index is 1.51. The molecule has 5 nitrogen and oxygen atoms in total. The molecule has 2 amide bonds. The third-order valence-corrected chi connectivity index (χ3v) is 5.03. The van der Waals surface area contributed by atoms with Crippen LogP contribution in [0.2, 0.25) is 0 Å². The van der Waals surface area contributed by atoms with Gasteiger partial charge >= 0.3 is 0 Å². The summed E-state index contributed by atoms with van der Waals surface area (Å²) in [6, 6.07) is 13.4. The molecular weight excluding hydrogens is 340 g/mol. The average molecular weight is 366 g/mol. The molecule has 0 atom stereocenters. The largest absolute Gasteiger partial charge is 0.484 e. The number of hydrogen-bond donors (Lipinski definition) is 0. The monoisotopic (exact) mass is 366 g/mol. The van der Waals surface area contributed by atoms with Gasteiger partial charge in [-0.25, -0.2) is 0 Å². The first-order valence-electron chi connectivity index (χ1n) is 9.28. The minimum atomic E-state index is -0.0465. The van der Waals surface area contributed by atoms with Gasteiger partial charge in [0.2, 0.25) is 0 Å². The molecule has 1 aliphatic heterocycles. The van der Waals surface area contributed by atoms with E-state index in [1.165, 1.54) is 5.56 Å². The van der Waals surface area contributed by atoms with Gasteiger partial charge < -0.3 is 14.5 Å². The number of rotatable bonds is 4. The van der Waals surface area contributed by atoms with Crippen molar-refractivity contribution in [3.8, 4) is 5.75 Å². The number of hydrogen-bond acceptors (Lipinski definition) is 3. The van der Waals surface area contributed by atoms with E-state index in [9.17, 15) is 9.59 Å². The minimum absolute atomic E-state index is 0.0224. The zero-order valence-corrected chi connectivity index (χ0v) is 16.2. The number of aryl methyl sites for hydroxylation is 3. The van der Waals surface area contributed by atoms with E-state index in [2.05, 4.69) is 0 Å². The van der Waals surface area contributed by atoms with E-state index < -0.39 is 0 Å². The van der Waals surface area contributed by atoms with Crippen LogP contribution in [0.4, 0.5) is 0 Å². The number of ether oxygens (including phenoxy) is 1. The molecule has 0 spiro atoms. The van der Waals surface area contributed by atoms with Gasteiger partial charge in [-0.3, -0.25) is 9.59 Å². The zero-order chi connectivity index (χ0) is 19.4. The molecule has 0 saturated carbocycles. The highest BCUT2D eigenvalue weighted by atomic mass is 16.5. The van der Waals surface area contributed by atoms with Gasteiger partial charge in [0.05, 0.1) is 0 Å². The molecule has 0 aliphatic carbocycles. The summed E-state index contributed by atoms with van der Waals surface area (Å²) in [7, 11) is 0. The number of nitrogens with zero attached hydrogens (tertiary/aromatic N) is 2. The highest BCUT2D eigenvalue weighted by Crippen LogP contribution is 2.15. The highest BCUT2D eigenvalue weighted by Gasteiger charge is 2.25. The maximum Gasteiger partial charge on any atom is 0.260 e. The maximum atomic E-state index is 12.7. The Hall–Kier alpha value is -2.82. The van der Waals surface area contributed by atoms with Crippen molar-refractivity contribution in [2.24, 2.45) is 0 Å². The SMILES string of the molecule is Cc1cccc(OCC(=O)N2CCN(C(=O)c3ccc(C)c(C)c3)CC2)c1. The lowest BCUT2D eigenvalue weighted by atomic mass is 10.1. The number of piperazine rings is 1. The van der Waals surface area contributed by atoms with Crippen LogP contribution in [-0.4, -0.2) is 54.4 Å². The molecule has 2 aromatic carbocycles. The van der Waals surface area contributed by atoms with Crippen LogP contribution in [0.3, 0.4) is 0 Å². The molecule has 0 unspecified atom stereocenters. The molecule has 1 aliphatic rings. The van der Waals surface area contributed by atoms with Crippen LogP contribution in [0.5, 0.6) is 5.75 Å². The van der Waals surface area contributed by atoms with E-state index in [4.69, 9.17) is 4.74 Å². The van der Waals surface area contributed by atoms with E-state index in [-0.39, 0.29) is 18.4 Å². The van der Waals surface area contributed by atoms with Gasteiger partial charge in [-0.2, -0.15) is 0 Å². The standard InChI is InChI=1S/C22H26N2O3/c1-16-5-4-6-20(13-16)27-15-21(25)23-9-11-24(12-10-23)22(26)19-8-7-17(2)18(3)14-19/h4-8,13-14H,9-12,15H2,1-3H3. The summed E-state index contributed by atoms with van der Waals surface area (Å²) in [4.78, 5) is 28.6. The Morgan fingerprint density at radius 1 is 0.889 bits per heavy atom. The lowest BCUT2D eigenvalue weighted by Crippen LogP contribution is -2.51. The van der Waals surface area contributed by atoms with Crippen molar-refractivity contribution in [1.82, 2.24) is 9.80 Å². The summed E-state index contributed by atoms with van der Waals surface area (Å²) < 4.78 is 5.60. The van der Waals surface area contributed by atoms with E-state index in [1.807, 2.05) is 68.1 Å². The fourth-order valence-electron chi connectivity index (χ4n) is 3.16. The molecule has 1 saturated heterocycles. The molecule has 1 fully saturated rings. The Labute approximate surface area is 160 Å². The molecular formula is C22H26N2O3. The van der Waals surface area contributed by atoms with Gasteiger partial charge in [-0.1, -0.05) is 18.2 Å². The first kappa shape index (κ1) is 19.0. The van der Waals surface area contributed by atoms with Crippen LogP contribution < -0.4 is 4.74 Å². The maximum absolute atomic E-state index is 12.7. The van der Waals surface area contributed by atoms with Crippen molar-refractivity contribution < 1.29 is 14.3 Å². The second-order valence-electron chi connectivity index (χ2n) is 7.08. The number of carbonyl (C=O) groups excluding carboxylic acids is 2. The normalized spacial score (nSPS) is 14.2. The first-order valence-corrected chi connectivity index (χ1v) is 9.28. The Morgan fingerprint density at radius 2 is 1.59 bits per heavy atom. The van der Waals surface area contributed by atoms with Crippen LogP contribution in [0.15, 0.2) is 42.5 Å². The van der Waals surface area contributed by atoms with Crippen molar-refractivity contribution >= 4 is 11.8 Å². The Bertz CT molecular complexity index is 839. The Morgan fingerprint density at radius 3 is 2.26 bits per heavy atom. The third kappa shape index (κ3) is 4.67. The molecule has 5 heteroatoms. The lowest BCUT2D eigenvalue weighted by Gasteiger charge is -2.34. The quantitative estimate of drug-likeness (QED) is 0.836. The average Bonchev–Trinajstić information content (AvgIpc) is 2.68. The van der Waals surface area contributed by atoms with E-state index in [1.54, 1.807) is 4.90 Å². The fourth-order valence-corrected chi connectivity index (χ4v) is 3.16. The lowest BCUT2D eigenvalue weighted by molar-refractivity contribution is -0.134. The zero-order valence-electron chi connectivity index (χ0n) is 16.2. The summed E-state index contributed by atoms with van der Waals surface area (Å²) in [6.07, 6.45) is 0. The van der Waals surface area contributed by atoms with Crippen molar-refractivity contribution in [3.63, 3.8) is 0 Å². The molecule has 1 heterocycles. The van der Waals surface area contributed by atoms with Crippen molar-refractivity contribution in [2.45, 2.75) is 20.8 Å². The molecule has 142 valence electrons. The van der Waals surface area contributed by atoms with E-state index >= 15 is 0 Å². The van der Waals surface area contributed by atoms with Gasteiger partial charge in [0, 0.05) is 31.7 Å². The van der Waals surface area contributed by atoms with Crippen molar-refractivity contribution in [1.29, 1.82) is 0 Å². The van der Waals surface area contributed by atoms with Crippen LogP contribution in [-0.2, 0) is 4.79 Å². The summed E-state index contributed by atoms with van der Waals surface area (Å²) in [5.41, 5.74) is 4.10. The van der Waals surface area contributed by atoms with Gasteiger partial charge in [0.1, 0.15) is 5.75 Å². The van der Waals surface area contributed by atoms with E-state index in [0.717, 1.165) is 11.1 Å². The minimum Gasteiger partial charge on any atom is -0.484 e. The summed E-state index contributed by atoms with van der Waals surface area (Å²) in [5.74, 6) is 0.683. The third-order valence-electron chi connectivity index (χ3n) is 5.03. The van der Waals surface area contributed by atoms with Gasteiger partial charge in [0.25, 0.3) is 11.8 Å². The topological polar surface area (TPSA) is 49.9 Å². The van der Waals surface area contributed by atoms with Crippen LogP contribution >= 0.6 is 0 Å². The molecule has 3 rings (SSSR count). The fraction of sp³-hybridized carbons (Fsp3) is 0.364. The van der Waals surface area contributed by atoms with Gasteiger partial charge in [0.15, 0.2) is 6.61 Å². The number of amides is 2. The second-order valence-corrected chi connectivity index (χ2v) is 7.08. The molecule has 0 aromatic heterocycles.